The first kappa shape index (κ1) is 16.3. The summed E-state index contributed by atoms with van der Waals surface area (Å²) in [6.07, 6.45) is 1.51. The van der Waals surface area contributed by atoms with Gasteiger partial charge in [0.05, 0.1) is 11.4 Å². The van der Waals surface area contributed by atoms with E-state index >= 15 is 0 Å². The summed E-state index contributed by atoms with van der Waals surface area (Å²) in [5.74, 6) is -0.913. The van der Waals surface area contributed by atoms with Gasteiger partial charge in [-0.1, -0.05) is 20.3 Å². The highest BCUT2D eigenvalue weighted by Gasteiger charge is 2.47. The number of rotatable bonds is 6. The molecule has 1 N–H and O–H groups in total. The Morgan fingerprint density at radius 3 is 2.63 bits per heavy atom. The molecule has 0 saturated carbocycles. The Bertz CT molecular complexity index is 472. The minimum Gasteiger partial charge on any atom is -0.480 e. The molecular formula is C11H18N2O4S2. The third-order valence-corrected chi connectivity index (χ3v) is 6.77. The number of nitrogens with zero attached hydrogens (tertiary/aromatic N) is 2. The molecule has 0 amide bonds. The molecule has 3 atom stereocenters. The summed E-state index contributed by atoms with van der Waals surface area (Å²) in [5.41, 5.74) is 0. The molecule has 0 aromatic heterocycles. The van der Waals surface area contributed by atoms with E-state index < -0.39 is 27.3 Å². The van der Waals surface area contributed by atoms with Crippen LogP contribution < -0.4 is 0 Å². The molecule has 1 heterocycles. The van der Waals surface area contributed by atoms with Crippen molar-refractivity contribution in [3.63, 3.8) is 0 Å². The first-order valence-electron chi connectivity index (χ1n) is 6.16. The lowest BCUT2D eigenvalue weighted by Crippen LogP contribution is -2.48. The molecule has 1 aliphatic heterocycles. The number of carboxylic acids is 1. The number of hydrogen-bond donors (Lipinski definition) is 1. The van der Waals surface area contributed by atoms with Gasteiger partial charge in [-0.15, -0.1) is 11.8 Å². The van der Waals surface area contributed by atoms with E-state index in [0.29, 0.717) is 6.42 Å². The molecule has 0 radical (unpaired) electrons. The number of sulfonamides is 1. The van der Waals surface area contributed by atoms with Gasteiger partial charge >= 0.3 is 5.97 Å². The molecule has 1 saturated heterocycles. The number of nitriles is 1. The summed E-state index contributed by atoms with van der Waals surface area (Å²) in [6, 6.07) is 0.698. The van der Waals surface area contributed by atoms with E-state index in [1.807, 2.05) is 6.92 Å². The van der Waals surface area contributed by atoms with E-state index in [2.05, 4.69) is 0 Å². The number of aliphatic carboxylic acids is 1. The van der Waals surface area contributed by atoms with Crippen LogP contribution in [0.2, 0.25) is 0 Å². The molecule has 1 fully saturated rings. The van der Waals surface area contributed by atoms with Crippen LogP contribution in [0.4, 0.5) is 0 Å². The lowest BCUT2D eigenvalue weighted by atomic mass is 10.3. The van der Waals surface area contributed by atoms with Crippen molar-refractivity contribution in [2.45, 2.75) is 49.8 Å². The van der Waals surface area contributed by atoms with Gasteiger partial charge in [0.15, 0.2) is 5.25 Å². The van der Waals surface area contributed by atoms with Crippen LogP contribution in [0.15, 0.2) is 0 Å². The van der Waals surface area contributed by atoms with Crippen molar-refractivity contribution in [1.82, 2.24) is 4.31 Å². The second-order valence-corrected chi connectivity index (χ2v) is 7.56. The van der Waals surface area contributed by atoms with Gasteiger partial charge in [0.25, 0.3) is 0 Å². The lowest BCUT2D eigenvalue weighted by molar-refractivity contribution is -0.140. The van der Waals surface area contributed by atoms with Crippen LogP contribution in [0.25, 0.3) is 0 Å². The zero-order valence-corrected chi connectivity index (χ0v) is 12.6. The van der Waals surface area contributed by atoms with Gasteiger partial charge in [-0.2, -0.15) is 9.57 Å². The van der Waals surface area contributed by atoms with Crippen molar-refractivity contribution in [3.05, 3.63) is 0 Å². The van der Waals surface area contributed by atoms with Gasteiger partial charge < -0.3 is 5.11 Å². The van der Waals surface area contributed by atoms with E-state index in [9.17, 15) is 13.2 Å². The predicted molar refractivity (Wildman–Crippen MR) is 73.0 cm³/mol. The van der Waals surface area contributed by atoms with E-state index in [1.165, 1.54) is 11.8 Å². The van der Waals surface area contributed by atoms with E-state index in [1.54, 1.807) is 13.0 Å². The van der Waals surface area contributed by atoms with E-state index in [4.69, 9.17) is 10.4 Å². The fraction of sp³-hybridized carbons (Fsp3) is 0.818. The van der Waals surface area contributed by atoms with Gasteiger partial charge in [0.1, 0.15) is 6.04 Å². The summed E-state index contributed by atoms with van der Waals surface area (Å²) in [5, 5.41) is 16.6. The zero-order chi connectivity index (χ0) is 14.6. The highest BCUT2D eigenvalue weighted by molar-refractivity contribution is 8.01. The summed E-state index contributed by atoms with van der Waals surface area (Å²) in [7, 11) is -3.90. The summed E-state index contributed by atoms with van der Waals surface area (Å²) >= 11 is 1.33. The molecule has 19 heavy (non-hydrogen) atoms. The maximum absolute atomic E-state index is 12.4. The van der Waals surface area contributed by atoms with Crippen LogP contribution in [-0.4, -0.2) is 46.2 Å². The summed E-state index contributed by atoms with van der Waals surface area (Å²) in [4.78, 5) is 11.2. The Hall–Kier alpha value is -0.780. The van der Waals surface area contributed by atoms with Crippen LogP contribution in [0.3, 0.4) is 0 Å². The third-order valence-electron chi connectivity index (χ3n) is 3.03. The van der Waals surface area contributed by atoms with Crippen LogP contribution in [0, 0.1) is 11.3 Å². The fourth-order valence-electron chi connectivity index (χ4n) is 2.04. The Balaban J connectivity index is 3.15. The van der Waals surface area contributed by atoms with Crippen LogP contribution in [-0.2, 0) is 14.8 Å². The number of hydrogen-bond acceptors (Lipinski definition) is 5. The van der Waals surface area contributed by atoms with E-state index in [-0.39, 0.29) is 17.5 Å². The Kier molecular flexibility index (Phi) is 5.64. The second-order valence-electron chi connectivity index (χ2n) is 4.33. The quantitative estimate of drug-likeness (QED) is 0.793. The molecule has 8 heteroatoms. The van der Waals surface area contributed by atoms with Crippen molar-refractivity contribution in [2.75, 3.05) is 5.75 Å². The van der Waals surface area contributed by atoms with Crippen LogP contribution in [0.1, 0.15) is 33.1 Å². The molecule has 1 aliphatic rings. The fourth-order valence-corrected chi connectivity index (χ4v) is 5.89. The maximum atomic E-state index is 12.4. The van der Waals surface area contributed by atoms with Gasteiger partial charge in [-0.05, 0) is 12.8 Å². The minimum absolute atomic E-state index is 0.158. The zero-order valence-electron chi connectivity index (χ0n) is 10.9. The Labute approximate surface area is 117 Å². The first-order valence-corrected chi connectivity index (χ1v) is 8.71. The van der Waals surface area contributed by atoms with Crippen LogP contribution in [0.5, 0.6) is 0 Å². The molecule has 0 aromatic carbocycles. The third kappa shape index (κ3) is 3.22. The molecule has 6 nitrogen and oxygen atoms in total. The van der Waals surface area contributed by atoms with Gasteiger partial charge in [-0.25, -0.2) is 8.42 Å². The molecule has 1 rings (SSSR count). The van der Waals surface area contributed by atoms with Crippen LogP contribution >= 0.6 is 11.8 Å². The topological polar surface area (TPSA) is 98.5 Å². The minimum atomic E-state index is -3.90. The van der Waals surface area contributed by atoms with E-state index in [0.717, 1.165) is 10.7 Å². The summed E-state index contributed by atoms with van der Waals surface area (Å²) in [6.45, 7) is 3.53. The second kappa shape index (κ2) is 6.59. The molecule has 0 aromatic rings. The predicted octanol–water partition coefficient (Wildman–Crippen LogP) is 1.25. The van der Waals surface area contributed by atoms with Crippen molar-refractivity contribution < 1.29 is 18.3 Å². The SMILES string of the molecule is CCCC1SCC(C(=O)O)N1S(=O)(=O)C(C#N)CC. The Morgan fingerprint density at radius 1 is 1.58 bits per heavy atom. The van der Waals surface area contributed by atoms with Gasteiger partial charge in [-0.3, -0.25) is 4.79 Å². The monoisotopic (exact) mass is 306 g/mol. The average Bonchev–Trinajstić information content (AvgIpc) is 2.75. The normalized spacial score (nSPS) is 25.9. The maximum Gasteiger partial charge on any atom is 0.322 e. The number of thioether (sulfide) groups is 1. The molecule has 108 valence electrons. The van der Waals surface area contributed by atoms with Crippen molar-refractivity contribution in [2.24, 2.45) is 0 Å². The average molecular weight is 306 g/mol. The molecule has 0 bridgehead atoms. The first-order chi connectivity index (χ1) is 8.89. The van der Waals surface area contributed by atoms with Gasteiger partial charge in [0.2, 0.25) is 10.0 Å². The van der Waals surface area contributed by atoms with Crippen molar-refractivity contribution >= 4 is 27.8 Å². The molecular weight excluding hydrogens is 288 g/mol. The number of carboxylic acid groups (broad SMARTS) is 1. The smallest absolute Gasteiger partial charge is 0.322 e. The summed E-state index contributed by atoms with van der Waals surface area (Å²) < 4.78 is 25.9. The molecule has 0 aliphatic carbocycles. The molecule has 0 spiro atoms. The highest BCUT2D eigenvalue weighted by atomic mass is 32.2. The van der Waals surface area contributed by atoms with Crippen molar-refractivity contribution in [3.8, 4) is 6.07 Å². The van der Waals surface area contributed by atoms with Gasteiger partial charge in [0, 0.05) is 5.75 Å². The Morgan fingerprint density at radius 2 is 2.21 bits per heavy atom. The molecule has 3 unspecified atom stereocenters. The highest BCUT2D eigenvalue weighted by Crippen LogP contribution is 2.36. The largest absolute Gasteiger partial charge is 0.480 e. The standard InChI is InChI=1S/C11H18N2O4S2/c1-3-5-10-13(9(7-18-10)11(14)15)19(16,17)8(4-2)6-12/h8-10H,3-5,7H2,1-2H3,(H,14,15). The number of carbonyl (C=O) groups is 1. The van der Waals surface area contributed by atoms with Crippen molar-refractivity contribution in [1.29, 1.82) is 5.26 Å². The lowest BCUT2D eigenvalue weighted by Gasteiger charge is -2.27.